The van der Waals surface area contributed by atoms with E-state index in [-0.39, 0.29) is 11.5 Å². The standard InChI is InChI=1S/C19H26N4O3/c1-21(11-16-4-3-9-25-16)10-15-5-7-19(26-12-15)13-23(14-19)18(24)17-6-8-20-22(17)2/h3-4,6,8-9,15H,5,7,10-14H2,1-2H3. The number of amides is 1. The van der Waals surface area contributed by atoms with Gasteiger partial charge in [-0.15, -0.1) is 0 Å². The maximum Gasteiger partial charge on any atom is 0.272 e. The minimum absolute atomic E-state index is 0.0412. The molecule has 0 N–H and O–H groups in total. The number of likely N-dealkylation sites (tertiary alicyclic amines) is 1. The summed E-state index contributed by atoms with van der Waals surface area (Å²) in [5.41, 5.74) is 0.498. The highest BCUT2D eigenvalue weighted by atomic mass is 16.5. The number of hydrogen-bond acceptors (Lipinski definition) is 5. The van der Waals surface area contributed by atoms with Gasteiger partial charge < -0.3 is 14.1 Å². The average molecular weight is 358 g/mol. The van der Waals surface area contributed by atoms with Crippen LogP contribution in [0.15, 0.2) is 35.1 Å². The lowest BCUT2D eigenvalue weighted by Gasteiger charge is -2.52. The molecular formula is C19H26N4O3. The van der Waals surface area contributed by atoms with Crippen molar-refractivity contribution < 1.29 is 13.9 Å². The monoisotopic (exact) mass is 358 g/mol. The molecule has 1 atom stereocenters. The molecule has 0 bridgehead atoms. The van der Waals surface area contributed by atoms with Gasteiger partial charge in [0.25, 0.3) is 5.91 Å². The number of hydrogen-bond donors (Lipinski definition) is 0. The van der Waals surface area contributed by atoms with E-state index in [0.717, 1.165) is 38.3 Å². The van der Waals surface area contributed by atoms with Gasteiger partial charge in [-0.05, 0) is 44.0 Å². The normalized spacial score (nSPS) is 22.0. The molecule has 2 aliphatic heterocycles. The first kappa shape index (κ1) is 17.3. The van der Waals surface area contributed by atoms with Crippen molar-refractivity contribution in [1.29, 1.82) is 0 Å². The van der Waals surface area contributed by atoms with Gasteiger partial charge >= 0.3 is 0 Å². The highest BCUT2D eigenvalue weighted by Gasteiger charge is 2.48. The second kappa shape index (κ2) is 6.89. The van der Waals surface area contributed by atoms with E-state index in [1.54, 1.807) is 30.3 Å². The third kappa shape index (κ3) is 3.41. The molecule has 0 aliphatic carbocycles. The van der Waals surface area contributed by atoms with Crippen LogP contribution in [0.1, 0.15) is 29.1 Å². The molecule has 4 heterocycles. The van der Waals surface area contributed by atoms with Gasteiger partial charge in [0.1, 0.15) is 17.1 Å². The Hall–Kier alpha value is -2.12. The summed E-state index contributed by atoms with van der Waals surface area (Å²) >= 11 is 0. The van der Waals surface area contributed by atoms with E-state index in [1.165, 1.54) is 0 Å². The second-order valence-electron chi connectivity index (χ2n) is 7.68. The summed E-state index contributed by atoms with van der Waals surface area (Å²) in [7, 11) is 3.91. The summed E-state index contributed by atoms with van der Waals surface area (Å²) in [6.45, 7) is 3.95. The van der Waals surface area contributed by atoms with Crippen LogP contribution in [0.25, 0.3) is 0 Å². The van der Waals surface area contributed by atoms with Gasteiger partial charge in [0.05, 0.1) is 32.5 Å². The molecule has 140 valence electrons. The first-order valence-electron chi connectivity index (χ1n) is 9.17. The first-order chi connectivity index (χ1) is 12.5. The highest BCUT2D eigenvalue weighted by Crippen LogP contribution is 2.36. The Kier molecular flexibility index (Phi) is 4.58. The molecule has 1 amide bonds. The third-order valence-electron chi connectivity index (χ3n) is 5.49. The smallest absolute Gasteiger partial charge is 0.272 e. The number of ether oxygens (including phenoxy) is 1. The average Bonchev–Trinajstić information content (AvgIpc) is 3.24. The molecule has 2 saturated heterocycles. The summed E-state index contributed by atoms with van der Waals surface area (Å²) in [5, 5.41) is 4.07. The number of aryl methyl sites for hydroxylation is 1. The Morgan fingerprint density at radius 2 is 2.27 bits per heavy atom. The van der Waals surface area contributed by atoms with E-state index in [0.29, 0.717) is 24.7 Å². The van der Waals surface area contributed by atoms with Crippen molar-refractivity contribution >= 4 is 5.91 Å². The molecule has 0 saturated carbocycles. The largest absolute Gasteiger partial charge is 0.468 e. The van der Waals surface area contributed by atoms with Crippen LogP contribution in [0.5, 0.6) is 0 Å². The topological polar surface area (TPSA) is 63.7 Å². The molecule has 1 unspecified atom stereocenters. The van der Waals surface area contributed by atoms with Crippen LogP contribution in [0.4, 0.5) is 0 Å². The van der Waals surface area contributed by atoms with Gasteiger partial charge in [-0.25, -0.2) is 0 Å². The molecule has 26 heavy (non-hydrogen) atoms. The summed E-state index contributed by atoms with van der Waals surface area (Å²) in [6, 6.07) is 5.69. The van der Waals surface area contributed by atoms with Crippen molar-refractivity contribution in [2.24, 2.45) is 13.0 Å². The predicted molar refractivity (Wildman–Crippen MR) is 95.6 cm³/mol. The lowest BCUT2D eigenvalue weighted by atomic mass is 9.82. The molecule has 4 rings (SSSR count). The fourth-order valence-electron chi connectivity index (χ4n) is 4.02. The maximum absolute atomic E-state index is 12.5. The van der Waals surface area contributed by atoms with E-state index in [1.807, 2.05) is 17.0 Å². The molecule has 2 aromatic rings. The van der Waals surface area contributed by atoms with Crippen molar-refractivity contribution in [3.8, 4) is 0 Å². The number of furan rings is 1. The Morgan fingerprint density at radius 1 is 1.42 bits per heavy atom. The number of nitrogens with zero attached hydrogens (tertiary/aromatic N) is 4. The minimum atomic E-state index is -0.135. The molecule has 7 nitrogen and oxygen atoms in total. The van der Waals surface area contributed by atoms with Crippen LogP contribution in [0, 0.1) is 5.92 Å². The number of carbonyl (C=O) groups is 1. The van der Waals surface area contributed by atoms with Crippen LogP contribution in [0.3, 0.4) is 0 Å². The lowest BCUT2D eigenvalue weighted by molar-refractivity contribution is -0.168. The first-order valence-corrected chi connectivity index (χ1v) is 9.17. The second-order valence-corrected chi connectivity index (χ2v) is 7.68. The van der Waals surface area contributed by atoms with Crippen molar-refractivity contribution in [3.05, 3.63) is 42.1 Å². The van der Waals surface area contributed by atoms with Crippen LogP contribution in [-0.2, 0) is 18.3 Å². The molecule has 7 heteroatoms. The Bertz CT molecular complexity index is 739. The van der Waals surface area contributed by atoms with E-state index >= 15 is 0 Å². The van der Waals surface area contributed by atoms with Crippen LogP contribution < -0.4 is 0 Å². The molecule has 2 fully saturated rings. The zero-order chi connectivity index (χ0) is 18.1. The number of rotatable bonds is 5. The Morgan fingerprint density at radius 3 is 2.88 bits per heavy atom. The van der Waals surface area contributed by atoms with Crippen LogP contribution in [-0.4, -0.2) is 64.4 Å². The van der Waals surface area contributed by atoms with E-state index in [9.17, 15) is 4.79 Å². The van der Waals surface area contributed by atoms with Crippen molar-refractivity contribution in [2.45, 2.75) is 25.0 Å². The highest BCUT2D eigenvalue weighted by molar-refractivity contribution is 5.93. The summed E-state index contributed by atoms with van der Waals surface area (Å²) < 4.78 is 13.2. The molecule has 1 spiro atoms. The van der Waals surface area contributed by atoms with Gasteiger partial charge in [0, 0.05) is 19.8 Å². The van der Waals surface area contributed by atoms with E-state index < -0.39 is 0 Å². The number of carbonyl (C=O) groups excluding carboxylic acids is 1. The predicted octanol–water partition coefficient (Wildman–Crippen LogP) is 1.77. The molecule has 2 aromatic heterocycles. The maximum atomic E-state index is 12.5. The van der Waals surface area contributed by atoms with Gasteiger partial charge in [0.2, 0.25) is 0 Å². The molecular weight excluding hydrogens is 332 g/mol. The van der Waals surface area contributed by atoms with Gasteiger partial charge in [-0.3, -0.25) is 14.4 Å². The molecule has 2 aliphatic rings. The Labute approximate surface area is 153 Å². The fourth-order valence-corrected chi connectivity index (χ4v) is 4.02. The van der Waals surface area contributed by atoms with Gasteiger partial charge in [-0.2, -0.15) is 5.10 Å². The number of aromatic nitrogens is 2. The lowest BCUT2D eigenvalue weighted by Crippen LogP contribution is -2.66. The quantitative estimate of drug-likeness (QED) is 0.815. The van der Waals surface area contributed by atoms with Crippen LogP contribution in [0.2, 0.25) is 0 Å². The SMILES string of the molecule is CN(Cc1ccco1)CC1CCC2(CN(C(=O)c3ccnn3C)C2)OC1. The Balaban J connectivity index is 1.23. The molecule has 0 radical (unpaired) electrons. The summed E-state index contributed by atoms with van der Waals surface area (Å²) in [4.78, 5) is 16.6. The fraction of sp³-hybridized carbons (Fsp3) is 0.579. The minimum Gasteiger partial charge on any atom is -0.468 e. The third-order valence-corrected chi connectivity index (χ3v) is 5.49. The zero-order valence-corrected chi connectivity index (χ0v) is 15.4. The zero-order valence-electron chi connectivity index (χ0n) is 15.4. The van der Waals surface area contributed by atoms with Crippen LogP contribution >= 0.6 is 0 Å². The van der Waals surface area contributed by atoms with Gasteiger partial charge in [-0.1, -0.05) is 0 Å². The van der Waals surface area contributed by atoms with Gasteiger partial charge in [0.15, 0.2) is 0 Å². The van der Waals surface area contributed by atoms with Crippen molar-refractivity contribution in [2.75, 3.05) is 33.3 Å². The van der Waals surface area contributed by atoms with E-state index in [4.69, 9.17) is 9.15 Å². The summed E-state index contributed by atoms with van der Waals surface area (Å²) in [6.07, 6.45) is 5.52. The summed E-state index contributed by atoms with van der Waals surface area (Å²) in [5.74, 6) is 1.56. The van der Waals surface area contributed by atoms with Crippen molar-refractivity contribution in [3.63, 3.8) is 0 Å². The van der Waals surface area contributed by atoms with Crippen molar-refractivity contribution in [1.82, 2.24) is 19.6 Å². The van der Waals surface area contributed by atoms with E-state index in [2.05, 4.69) is 17.0 Å². The molecule has 0 aromatic carbocycles.